The van der Waals surface area contributed by atoms with Gasteiger partial charge in [0.05, 0.1) is 13.7 Å². The van der Waals surface area contributed by atoms with Gasteiger partial charge in [-0.15, -0.1) is 0 Å². The van der Waals surface area contributed by atoms with E-state index in [1.807, 2.05) is 30.3 Å². The number of carbonyl (C=O) groups is 2. The number of rotatable bonds is 5. The SMILES string of the molecule is COc1ccc(C2CCCCCN2CC(=O)Nc2ccc3c(c2)CCN3C(C)=O)cc1. The molecule has 2 amide bonds. The summed E-state index contributed by atoms with van der Waals surface area (Å²) < 4.78 is 5.29. The van der Waals surface area contributed by atoms with Crippen LogP contribution in [0.3, 0.4) is 0 Å². The van der Waals surface area contributed by atoms with Crippen LogP contribution in [0.5, 0.6) is 5.75 Å². The van der Waals surface area contributed by atoms with Crippen molar-refractivity contribution in [1.29, 1.82) is 0 Å². The highest BCUT2D eigenvalue weighted by molar-refractivity contribution is 5.96. The smallest absolute Gasteiger partial charge is 0.238 e. The third-order valence-electron chi connectivity index (χ3n) is 6.35. The summed E-state index contributed by atoms with van der Waals surface area (Å²) in [6.07, 6.45) is 5.36. The van der Waals surface area contributed by atoms with E-state index in [2.05, 4.69) is 22.3 Å². The molecule has 0 bridgehead atoms. The highest BCUT2D eigenvalue weighted by Gasteiger charge is 2.25. The first-order valence-electron chi connectivity index (χ1n) is 11.1. The van der Waals surface area contributed by atoms with Crippen molar-refractivity contribution in [2.75, 3.05) is 37.0 Å². The Balaban J connectivity index is 1.44. The monoisotopic (exact) mass is 421 g/mol. The second kappa shape index (κ2) is 9.52. The Bertz CT molecular complexity index is 942. The van der Waals surface area contributed by atoms with Gasteiger partial charge in [-0.25, -0.2) is 0 Å². The summed E-state index contributed by atoms with van der Waals surface area (Å²) in [4.78, 5) is 28.7. The van der Waals surface area contributed by atoms with Crippen LogP contribution in [-0.2, 0) is 16.0 Å². The van der Waals surface area contributed by atoms with Gasteiger partial charge in [-0.3, -0.25) is 14.5 Å². The second-order valence-corrected chi connectivity index (χ2v) is 8.42. The number of carbonyl (C=O) groups excluding carboxylic acids is 2. The Labute approximate surface area is 184 Å². The lowest BCUT2D eigenvalue weighted by atomic mass is 10.0. The molecule has 1 saturated heterocycles. The van der Waals surface area contributed by atoms with Gasteiger partial charge < -0.3 is 15.0 Å². The van der Waals surface area contributed by atoms with Crippen LogP contribution in [-0.4, -0.2) is 43.5 Å². The molecule has 0 radical (unpaired) electrons. The summed E-state index contributed by atoms with van der Waals surface area (Å²) in [6, 6.07) is 14.3. The van der Waals surface area contributed by atoms with Gasteiger partial charge >= 0.3 is 0 Å². The largest absolute Gasteiger partial charge is 0.497 e. The van der Waals surface area contributed by atoms with Crippen molar-refractivity contribution >= 4 is 23.2 Å². The van der Waals surface area contributed by atoms with Gasteiger partial charge in [0.25, 0.3) is 0 Å². The fourth-order valence-corrected chi connectivity index (χ4v) is 4.75. The molecule has 0 saturated carbocycles. The Morgan fingerprint density at radius 2 is 1.87 bits per heavy atom. The minimum Gasteiger partial charge on any atom is -0.497 e. The van der Waals surface area contributed by atoms with Crippen molar-refractivity contribution in [2.45, 2.75) is 45.1 Å². The Hall–Kier alpha value is -2.86. The van der Waals surface area contributed by atoms with E-state index in [0.717, 1.165) is 48.5 Å². The molecule has 1 atom stereocenters. The average Bonchev–Trinajstić information content (AvgIpc) is 3.06. The van der Waals surface area contributed by atoms with Gasteiger partial charge in [-0.05, 0) is 67.3 Å². The van der Waals surface area contributed by atoms with Gasteiger partial charge in [0.1, 0.15) is 5.75 Å². The minimum atomic E-state index is 0.00165. The fraction of sp³-hybridized carbons (Fsp3) is 0.440. The molecule has 6 nitrogen and oxygen atoms in total. The lowest BCUT2D eigenvalue weighted by molar-refractivity contribution is -0.118. The van der Waals surface area contributed by atoms with Gasteiger partial charge in [0.2, 0.25) is 11.8 Å². The topological polar surface area (TPSA) is 61.9 Å². The van der Waals surface area contributed by atoms with Gasteiger partial charge in [-0.1, -0.05) is 25.0 Å². The van der Waals surface area contributed by atoms with Crippen LogP contribution in [0.15, 0.2) is 42.5 Å². The molecule has 2 heterocycles. The first kappa shape index (κ1) is 21.4. The van der Waals surface area contributed by atoms with Crippen LogP contribution in [0.25, 0.3) is 0 Å². The average molecular weight is 422 g/mol. The summed E-state index contributed by atoms with van der Waals surface area (Å²) >= 11 is 0. The first-order valence-corrected chi connectivity index (χ1v) is 11.1. The molecule has 2 aliphatic heterocycles. The maximum absolute atomic E-state index is 12.9. The molecular formula is C25H31N3O3. The minimum absolute atomic E-state index is 0.00165. The molecule has 1 unspecified atom stereocenters. The molecule has 1 fully saturated rings. The van der Waals surface area contributed by atoms with E-state index in [9.17, 15) is 9.59 Å². The van der Waals surface area contributed by atoms with Crippen LogP contribution in [0.1, 0.15) is 49.8 Å². The number of hydrogen-bond acceptors (Lipinski definition) is 4. The maximum atomic E-state index is 12.9. The molecule has 2 aliphatic rings. The van der Waals surface area contributed by atoms with E-state index < -0.39 is 0 Å². The van der Waals surface area contributed by atoms with Crippen molar-refractivity contribution in [3.8, 4) is 5.75 Å². The zero-order valence-electron chi connectivity index (χ0n) is 18.4. The van der Waals surface area contributed by atoms with Gasteiger partial charge in [0, 0.05) is 30.9 Å². The van der Waals surface area contributed by atoms with Crippen LogP contribution in [0.4, 0.5) is 11.4 Å². The van der Waals surface area contributed by atoms with Gasteiger partial charge in [-0.2, -0.15) is 0 Å². The molecule has 31 heavy (non-hydrogen) atoms. The van der Waals surface area contributed by atoms with Crippen LogP contribution < -0.4 is 15.0 Å². The van der Waals surface area contributed by atoms with Crippen molar-refractivity contribution in [3.05, 3.63) is 53.6 Å². The number of fused-ring (bicyclic) bond motifs is 1. The lowest BCUT2D eigenvalue weighted by Gasteiger charge is -2.30. The zero-order valence-corrected chi connectivity index (χ0v) is 18.4. The number of amides is 2. The number of likely N-dealkylation sites (tertiary alicyclic amines) is 1. The maximum Gasteiger partial charge on any atom is 0.238 e. The molecule has 1 N–H and O–H groups in total. The Kier molecular flexibility index (Phi) is 6.56. The Morgan fingerprint density at radius 3 is 2.61 bits per heavy atom. The number of ether oxygens (including phenoxy) is 1. The molecule has 2 aromatic carbocycles. The molecule has 0 spiro atoms. The third-order valence-corrected chi connectivity index (χ3v) is 6.35. The lowest BCUT2D eigenvalue weighted by Crippen LogP contribution is -2.36. The standard InChI is InChI=1S/C25H31N3O3/c1-18(29)28-15-13-20-16-21(9-12-24(20)28)26-25(30)17-27-14-5-3-4-6-23(27)19-7-10-22(31-2)11-8-19/h7-12,16,23H,3-6,13-15,17H2,1-2H3,(H,26,30). The molecule has 0 aliphatic carbocycles. The van der Waals surface area contributed by atoms with Crippen molar-refractivity contribution in [1.82, 2.24) is 4.90 Å². The van der Waals surface area contributed by atoms with E-state index in [0.29, 0.717) is 13.1 Å². The zero-order chi connectivity index (χ0) is 21.8. The number of nitrogens with one attached hydrogen (secondary N) is 1. The third kappa shape index (κ3) is 4.90. The molecule has 2 aromatic rings. The van der Waals surface area contributed by atoms with Crippen LogP contribution in [0, 0.1) is 0 Å². The molecular weight excluding hydrogens is 390 g/mol. The number of methoxy groups -OCH3 is 1. The quantitative estimate of drug-likeness (QED) is 0.788. The van der Waals surface area contributed by atoms with E-state index in [4.69, 9.17) is 4.74 Å². The number of benzene rings is 2. The number of hydrogen-bond donors (Lipinski definition) is 1. The summed E-state index contributed by atoms with van der Waals surface area (Å²) in [5.41, 5.74) is 4.10. The predicted molar refractivity (Wildman–Crippen MR) is 123 cm³/mol. The molecule has 4 rings (SSSR count). The van der Waals surface area contributed by atoms with E-state index in [1.165, 1.54) is 18.4 Å². The fourth-order valence-electron chi connectivity index (χ4n) is 4.75. The molecule has 0 aromatic heterocycles. The first-order chi connectivity index (χ1) is 15.0. The van der Waals surface area contributed by atoms with Crippen LogP contribution >= 0.6 is 0 Å². The normalized spacial score (nSPS) is 18.9. The van der Waals surface area contributed by atoms with Crippen molar-refractivity contribution in [3.63, 3.8) is 0 Å². The van der Waals surface area contributed by atoms with Crippen molar-refractivity contribution < 1.29 is 14.3 Å². The van der Waals surface area contributed by atoms with E-state index in [-0.39, 0.29) is 17.9 Å². The van der Waals surface area contributed by atoms with Crippen LogP contribution in [0.2, 0.25) is 0 Å². The number of nitrogens with zero attached hydrogens (tertiary/aromatic N) is 2. The van der Waals surface area contributed by atoms with Crippen molar-refractivity contribution in [2.24, 2.45) is 0 Å². The van der Waals surface area contributed by atoms with E-state index in [1.54, 1.807) is 18.9 Å². The summed E-state index contributed by atoms with van der Waals surface area (Å²) in [5, 5.41) is 3.07. The second-order valence-electron chi connectivity index (χ2n) is 8.42. The highest BCUT2D eigenvalue weighted by atomic mass is 16.5. The van der Waals surface area contributed by atoms with E-state index >= 15 is 0 Å². The number of anilines is 2. The van der Waals surface area contributed by atoms with Gasteiger partial charge in [0.15, 0.2) is 0 Å². The summed E-state index contributed by atoms with van der Waals surface area (Å²) in [7, 11) is 1.67. The predicted octanol–water partition coefficient (Wildman–Crippen LogP) is 4.16. The summed E-state index contributed by atoms with van der Waals surface area (Å²) in [5.74, 6) is 0.907. The Morgan fingerprint density at radius 1 is 1.06 bits per heavy atom. The summed E-state index contributed by atoms with van der Waals surface area (Å²) in [6.45, 7) is 3.58. The highest BCUT2D eigenvalue weighted by Crippen LogP contribution is 2.32. The molecule has 164 valence electrons. The molecule has 6 heteroatoms.